The summed E-state index contributed by atoms with van der Waals surface area (Å²) >= 11 is 0. The number of pyridine rings is 2. The number of fused-ring (bicyclic) bond motifs is 4. The Labute approximate surface area is 268 Å². The number of aromatic nitrogens is 2. The topological polar surface area (TPSA) is 96.6 Å². The maximum Gasteiger partial charge on any atom is 0.305 e. The van der Waals surface area contributed by atoms with Crippen molar-refractivity contribution in [2.45, 2.75) is 92.2 Å². The van der Waals surface area contributed by atoms with Crippen molar-refractivity contribution < 1.29 is 19.1 Å². The molecule has 2 aromatic heterocycles. The molecule has 0 saturated carbocycles. The maximum atomic E-state index is 14.1. The maximum absolute atomic E-state index is 14.1. The van der Waals surface area contributed by atoms with Crippen LogP contribution in [-0.4, -0.2) is 34.3 Å². The minimum atomic E-state index is -0.179. The molecule has 0 bridgehead atoms. The molecule has 2 heterocycles. The zero-order valence-corrected chi connectivity index (χ0v) is 27.4. The number of aryl methyl sites for hydroxylation is 4. The van der Waals surface area contributed by atoms with Crippen LogP contribution in [0.25, 0.3) is 43.6 Å². The Morgan fingerprint density at radius 2 is 0.935 bits per heavy atom. The minimum Gasteiger partial charge on any atom is -0.466 e. The van der Waals surface area contributed by atoms with Crippen molar-refractivity contribution in [3.63, 3.8) is 0 Å². The zero-order chi connectivity index (χ0) is 32.8. The second kappa shape index (κ2) is 14.8. The van der Waals surface area contributed by atoms with E-state index in [4.69, 9.17) is 9.47 Å². The van der Waals surface area contributed by atoms with E-state index in [-0.39, 0.29) is 22.8 Å². The molecule has 0 spiro atoms. The third-order valence-corrected chi connectivity index (χ3v) is 8.70. The fourth-order valence-corrected chi connectivity index (χ4v) is 6.45. The van der Waals surface area contributed by atoms with E-state index in [1.54, 1.807) is 0 Å². The summed E-state index contributed by atoms with van der Waals surface area (Å²) in [5.41, 5.74) is 5.07. The number of hydrogen-bond donors (Lipinski definition) is 0. The van der Waals surface area contributed by atoms with Gasteiger partial charge in [0.05, 0.1) is 35.3 Å². The lowest BCUT2D eigenvalue weighted by atomic mass is 10.0. The van der Waals surface area contributed by atoms with Crippen LogP contribution in [-0.2, 0) is 32.2 Å². The number of ether oxygens (including phenoxy) is 2. The van der Waals surface area contributed by atoms with Crippen LogP contribution in [0.4, 0.5) is 0 Å². The fraction of sp³-hybridized carbons (Fsp3) is 0.421. The predicted octanol–water partition coefficient (Wildman–Crippen LogP) is 7.49. The molecule has 0 aliphatic carbocycles. The first-order chi connectivity index (χ1) is 22.2. The normalized spacial score (nSPS) is 11.6. The Balaban J connectivity index is 1.61. The summed E-state index contributed by atoms with van der Waals surface area (Å²) in [5, 5.41) is 2.48. The minimum absolute atomic E-state index is 0.0494. The number of hydrogen-bond acceptors (Lipinski definition) is 6. The van der Waals surface area contributed by atoms with Crippen LogP contribution in [0.1, 0.15) is 76.3 Å². The van der Waals surface area contributed by atoms with Gasteiger partial charge in [0, 0.05) is 47.5 Å². The molecule has 8 nitrogen and oxygen atoms in total. The molecule has 0 N–H and O–H groups in total. The lowest BCUT2D eigenvalue weighted by Crippen LogP contribution is -2.16. The number of nitrogens with zero attached hydrogens (tertiary/aromatic N) is 2. The van der Waals surface area contributed by atoms with Crippen molar-refractivity contribution in [2.75, 3.05) is 13.2 Å². The quantitative estimate of drug-likeness (QED) is 0.0722. The highest BCUT2D eigenvalue weighted by molar-refractivity contribution is 6.04. The molecule has 0 saturated heterocycles. The van der Waals surface area contributed by atoms with Gasteiger partial charge in [0.1, 0.15) is 0 Å². The van der Waals surface area contributed by atoms with Crippen molar-refractivity contribution in [3.8, 4) is 0 Å². The van der Waals surface area contributed by atoms with Crippen LogP contribution < -0.4 is 10.9 Å². The molecule has 3 aromatic carbocycles. The van der Waals surface area contributed by atoms with Crippen molar-refractivity contribution >= 4 is 55.6 Å². The first-order valence-electron chi connectivity index (χ1n) is 16.6. The van der Waals surface area contributed by atoms with Crippen LogP contribution in [0.15, 0.2) is 58.1 Å². The van der Waals surface area contributed by atoms with E-state index >= 15 is 0 Å². The summed E-state index contributed by atoms with van der Waals surface area (Å²) < 4.78 is 14.5. The molecule has 0 unspecified atom stereocenters. The third kappa shape index (κ3) is 7.01. The van der Waals surface area contributed by atoms with E-state index in [0.29, 0.717) is 60.7 Å². The van der Waals surface area contributed by atoms with E-state index in [9.17, 15) is 19.2 Å². The van der Waals surface area contributed by atoms with E-state index in [1.165, 1.54) is 0 Å². The number of esters is 2. The number of carbonyl (C=O) groups excluding carboxylic acids is 2. The Bertz CT molecular complexity index is 1890. The summed E-state index contributed by atoms with van der Waals surface area (Å²) in [6.07, 6.45) is 5.52. The summed E-state index contributed by atoms with van der Waals surface area (Å²) in [7, 11) is 0. The highest BCUT2D eigenvalue weighted by atomic mass is 16.5. The Morgan fingerprint density at radius 1 is 0.543 bits per heavy atom. The van der Waals surface area contributed by atoms with Gasteiger partial charge in [-0.1, -0.05) is 36.1 Å². The van der Waals surface area contributed by atoms with Crippen LogP contribution in [0.5, 0.6) is 0 Å². The number of unbranched alkanes of at least 4 members (excludes halogenated alkanes) is 4. The molecule has 242 valence electrons. The SMILES string of the molecule is CCOC(=O)CCCCCn1c2ccc(C)cc2c(=O)c2cc3c(cc21)c(=O)c1cc(C)ccc1n3CCCCCC(=O)OCC. The van der Waals surface area contributed by atoms with Gasteiger partial charge in [0.15, 0.2) is 10.9 Å². The summed E-state index contributed by atoms with van der Waals surface area (Å²) in [6, 6.07) is 15.7. The van der Waals surface area contributed by atoms with Gasteiger partial charge in [-0.25, -0.2) is 0 Å². The van der Waals surface area contributed by atoms with Crippen molar-refractivity contribution in [1.82, 2.24) is 9.13 Å². The number of rotatable bonds is 14. The van der Waals surface area contributed by atoms with Crippen molar-refractivity contribution in [3.05, 3.63) is 80.1 Å². The molecule has 0 amide bonds. The smallest absolute Gasteiger partial charge is 0.305 e. The molecule has 5 aromatic rings. The monoisotopic (exact) mass is 624 g/mol. The van der Waals surface area contributed by atoms with E-state index in [0.717, 1.165) is 71.7 Å². The second-order valence-corrected chi connectivity index (χ2v) is 12.1. The first-order valence-corrected chi connectivity index (χ1v) is 16.6. The van der Waals surface area contributed by atoms with Gasteiger partial charge in [-0.05, 0) is 89.8 Å². The lowest BCUT2D eigenvalue weighted by molar-refractivity contribution is -0.144. The highest BCUT2D eigenvalue weighted by Gasteiger charge is 2.17. The fourth-order valence-electron chi connectivity index (χ4n) is 6.45. The first kappa shape index (κ1) is 32.9. The molecule has 0 aliphatic rings. The van der Waals surface area contributed by atoms with Gasteiger partial charge in [-0.15, -0.1) is 0 Å². The van der Waals surface area contributed by atoms with Gasteiger partial charge in [-0.2, -0.15) is 0 Å². The lowest BCUT2D eigenvalue weighted by Gasteiger charge is -2.19. The summed E-state index contributed by atoms with van der Waals surface area (Å²) in [5.74, 6) is -0.358. The van der Waals surface area contributed by atoms with Gasteiger partial charge < -0.3 is 18.6 Å². The zero-order valence-electron chi connectivity index (χ0n) is 27.4. The number of benzene rings is 3. The molecule has 0 fully saturated rings. The predicted molar refractivity (Wildman–Crippen MR) is 185 cm³/mol. The molecule has 0 radical (unpaired) electrons. The summed E-state index contributed by atoms with van der Waals surface area (Å²) in [4.78, 5) is 51.8. The molecule has 8 heteroatoms. The van der Waals surface area contributed by atoms with Gasteiger partial charge >= 0.3 is 11.9 Å². The second-order valence-electron chi connectivity index (χ2n) is 12.1. The number of carbonyl (C=O) groups is 2. The Hall–Kier alpha value is -4.46. The van der Waals surface area contributed by atoms with E-state index in [1.807, 2.05) is 76.2 Å². The van der Waals surface area contributed by atoms with Crippen LogP contribution in [0, 0.1) is 13.8 Å². The van der Waals surface area contributed by atoms with Gasteiger partial charge in [0.2, 0.25) is 0 Å². The van der Waals surface area contributed by atoms with Crippen molar-refractivity contribution in [1.29, 1.82) is 0 Å². The van der Waals surface area contributed by atoms with Crippen molar-refractivity contribution in [2.24, 2.45) is 0 Å². The van der Waals surface area contributed by atoms with E-state index < -0.39 is 0 Å². The van der Waals surface area contributed by atoms with Gasteiger partial charge in [0.25, 0.3) is 0 Å². The Kier molecular flexibility index (Phi) is 10.6. The largest absolute Gasteiger partial charge is 0.466 e. The van der Waals surface area contributed by atoms with Crippen LogP contribution >= 0.6 is 0 Å². The van der Waals surface area contributed by atoms with E-state index in [2.05, 4.69) is 9.13 Å². The Morgan fingerprint density at radius 3 is 1.33 bits per heavy atom. The summed E-state index contributed by atoms with van der Waals surface area (Å²) in [6.45, 7) is 9.64. The molecule has 46 heavy (non-hydrogen) atoms. The molecular formula is C38H44N2O6. The average Bonchev–Trinajstić information content (AvgIpc) is 3.03. The highest BCUT2D eigenvalue weighted by Crippen LogP contribution is 2.28. The average molecular weight is 625 g/mol. The molecule has 5 rings (SSSR count). The molecule has 0 aliphatic heterocycles. The molecule has 0 atom stereocenters. The molecular weight excluding hydrogens is 580 g/mol. The van der Waals surface area contributed by atoms with Crippen LogP contribution in [0.2, 0.25) is 0 Å². The standard InChI is InChI=1S/C38H44N2O6/c1-5-45-35(41)13-9-7-11-19-39-31-17-15-25(3)21-27(31)37(43)29-24-34-30(23-33(29)39)38(44)28-22-26(4)16-18-32(28)40(34)20-12-8-10-14-36(42)46-6-2/h15-18,21-24H,5-14,19-20H2,1-4H3. The van der Waals surface area contributed by atoms with Crippen LogP contribution in [0.3, 0.4) is 0 Å². The third-order valence-electron chi connectivity index (χ3n) is 8.70. The van der Waals surface area contributed by atoms with Gasteiger partial charge in [-0.3, -0.25) is 19.2 Å².